The highest BCUT2D eigenvalue weighted by Gasteiger charge is 2.35. The number of carbonyl (C=O) groups excluding carboxylic acids is 2. The lowest BCUT2D eigenvalue weighted by atomic mass is 9.94. The van der Waals surface area contributed by atoms with E-state index >= 15 is 0 Å². The van der Waals surface area contributed by atoms with E-state index in [-0.39, 0.29) is 11.4 Å². The minimum atomic E-state index is -2.04. The molecule has 6 nitrogen and oxygen atoms in total. The fraction of sp³-hybridized carbons (Fsp3) is 0.167. The van der Waals surface area contributed by atoms with Crippen molar-refractivity contribution >= 4 is 11.6 Å². The molecule has 2 aromatic rings. The molecule has 6 heteroatoms. The van der Waals surface area contributed by atoms with Gasteiger partial charge in [-0.1, -0.05) is 0 Å². The summed E-state index contributed by atoms with van der Waals surface area (Å²) in [6.45, 7) is 0. The number of nitrogens with one attached hydrogen (secondary N) is 2. The summed E-state index contributed by atoms with van der Waals surface area (Å²) in [6, 6.07) is 6.12. The number of rotatable bonds is 5. The van der Waals surface area contributed by atoms with E-state index in [0.29, 0.717) is 0 Å². The molecule has 0 saturated carbocycles. The second-order valence-corrected chi connectivity index (χ2v) is 3.79. The van der Waals surface area contributed by atoms with Crippen LogP contribution in [0.1, 0.15) is 21.0 Å². The molecule has 0 amide bonds. The average molecular weight is 248 g/mol. The number of aliphatic hydroxyl groups is 2. The van der Waals surface area contributed by atoms with E-state index in [1.807, 2.05) is 0 Å². The van der Waals surface area contributed by atoms with Gasteiger partial charge in [0.2, 0.25) is 0 Å². The molecule has 0 aromatic carbocycles. The van der Waals surface area contributed by atoms with Crippen molar-refractivity contribution in [3.8, 4) is 0 Å². The minimum Gasteiger partial charge on any atom is -0.367 e. The topological polar surface area (TPSA) is 106 Å². The van der Waals surface area contributed by atoms with Crippen LogP contribution in [0.3, 0.4) is 0 Å². The van der Waals surface area contributed by atoms with Gasteiger partial charge in [-0.3, -0.25) is 9.59 Å². The van der Waals surface area contributed by atoms with E-state index in [1.165, 1.54) is 24.5 Å². The van der Waals surface area contributed by atoms with Gasteiger partial charge in [-0.25, -0.2) is 0 Å². The highest BCUT2D eigenvalue weighted by molar-refractivity contribution is 6.15. The van der Waals surface area contributed by atoms with E-state index < -0.39 is 23.8 Å². The van der Waals surface area contributed by atoms with E-state index in [0.717, 1.165) is 0 Å². The molecular formula is C12H12N2O4. The standard InChI is InChI=1S/C12H12N2O4/c15-10(7-3-1-5-13-7)9(12(17)18)11(16)8-4-2-6-14-8/h1-6,9,12-14,17-18H. The van der Waals surface area contributed by atoms with Gasteiger partial charge in [-0.2, -0.15) is 0 Å². The number of ketones is 2. The summed E-state index contributed by atoms with van der Waals surface area (Å²) >= 11 is 0. The Morgan fingerprint density at radius 1 is 0.944 bits per heavy atom. The number of aliphatic hydroxyl groups excluding tert-OH is 1. The Labute approximate surface area is 102 Å². The maximum absolute atomic E-state index is 12.0. The summed E-state index contributed by atoms with van der Waals surface area (Å²) in [5.41, 5.74) is 0.320. The molecule has 0 fully saturated rings. The summed E-state index contributed by atoms with van der Waals surface area (Å²) in [4.78, 5) is 29.3. The fourth-order valence-corrected chi connectivity index (χ4v) is 1.69. The summed E-state index contributed by atoms with van der Waals surface area (Å²) in [5, 5.41) is 18.5. The third-order valence-corrected chi connectivity index (χ3v) is 2.59. The molecule has 0 saturated heterocycles. The normalized spacial score (nSPS) is 11.1. The Morgan fingerprint density at radius 3 is 1.67 bits per heavy atom. The molecule has 0 aliphatic carbocycles. The number of Topliss-reactive ketones (excluding diaryl/α,β-unsaturated/α-hetero) is 2. The molecule has 0 atom stereocenters. The largest absolute Gasteiger partial charge is 0.367 e. The maximum Gasteiger partial charge on any atom is 0.195 e. The minimum absolute atomic E-state index is 0.160. The molecule has 2 rings (SSSR count). The first-order valence-electron chi connectivity index (χ1n) is 5.32. The number of hydrogen-bond donors (Lipinski definition) is 4. The van der Waals surface area contributed by atoms with E-state index in [4.69, 9.17) is 0 Å². The van der Waals surface area contributed by atoms with Gasteiger partial charge in [0.1, 0.15) is 5.92 Å². The first-order chi connectivity index (χ1) is 8.61. The molecule has 0 spiro atoms. The molecule has 0 aliphatic rings. The molecule has 2 heterocycles. The lowest BCUT2D eigenvalue weighted by Gasteiger charge is -2.15. The number of aromatic amines is 2. The summed E-state index contributed by atoms with van der Waals surface area (Å²) in [5.74, 6) is -2.86. The van der Waals surface area contributed by atoms with Crippen LogP contribution in [0, 0.1) is 5.92 Å². The lowest BCUT2D eigenvalue weighted by molar-refractivity contribution is -0.0633. The fourth-order valence-electron chi connectivity index (χ4n) is 1.69. The van der Waals surface area contributed by atoms with Crippen molar-refractivity contribution in [2.75, 3.05) is 0 Å². The number of carbonyl (C=O) groups is 2. The van der Waals surface area contributed by atoms with Crippen molar-refractivity contribution in [1.29, 1.82) is 0 Å². The summed E-state index contributed by atoms with van der Waals surface area (Å²) in [7, 11) is 0. The van der Waals surface area contributed by atoms with Crippen LogP contribution < -0.4 is 0 Å². The Hall–Kier alpha value is -2.18. The summed E-state index contributed by atoms with van der Waals surface area (Å²) in [6.07, 6.45) is 0.997. The van der Waals surface area contributed by atoms with Crippen molar-refractivity contribution in [2.24, 2.45) is 5.92 Å². The molecular weight excluding hydrogens is 236 g/mol. The molecule has 0 aliphatic heterocycles. The van der Waals surface area contributed by atoms with Gasteiger partial charge >= 0.3 is 0 Å². The Balaban J connectivity index is 2.29. The number of H-pyrrole nitrogens is 2. The molecule has 0 radical (unpaired) electrons. The van der Waals surface area contributed by atoms with Crippen LogP contribution in [-0.2, 0) is 0 Å². The zero-order valence-corrected chi connectivity index (χ0v) is 9.33. The molecule has 0 unspecified atom stereocenters. The Bertz CT molecular complexity index is 482. The number of aromatic nitrogens is 2. The second kappa shape index (κ2) is 4.99. The zero-order valence-electron chi connectivity index (χ0n) is 9.33. The number of hydrogen-bond acceptors (Lipinski definition) is 4. The van der Waals surface area contributed by atoms with E-state index in [9.17, 15) is 19.8 Å². The van der Waals surface area contributed by atoms with Gasteiger partial charge in [-0.15, -0.1) is 0 Å². The first kappa shape index (κ1) is 12.3. The maximum atomic E-state index is 12.0. The third-order valence-electron chi connectivity index (χ3n) is 2.59. The van der Waals surface area contributed by atoms with E-state index in [1.54, 1.807) is 12.1 Å². The van der Waals surface area contributed by atoms with Crippen molar-refractivity contribution in [2.45, 2.75) is 6.29 Å². The van der Waals surface area contributed by atoms with Gasteiger partial charge in [0, 0.05) is 12.4 Å². The zero-order chi connectivity index (χ0) is 13.1. The van der Waals surface area contributed by atoms with Crippen molar-refractivity contribution < 1.29 is 19.8 Å². The van der Waals surface area contributed by atoms with Crippen LogP contribution >= 0.6 is 0 Å². The van der Waals surface area contributed by atoms with Crippen LogP contribution in [0.2, 0.25) is 0 Å². The molecule has 18 heavy (non-hydrogen) atoms. The van der Waals surface area contributed by atoms with Gasteiger partial charge in [0.05, 0.1) is 11.4 Å². The van der Waals surface area contributed by atoms with Crippen LogP contribution in [-0.4, -0.2) is 38.0 Å². The van der Waals surface area contributed by atoms with Crippen LogP contribution in [0.5, 0.6) is 0 Å². The van der Waals surface area contributed by atoms with Crippen molar-refractivity contribution in [1.82, 2.24) is 9.97 Å². The first-order valence-corrected chi connectivity index (χ1v) is 5.32. The van der Waals surface area contributed by atoms with Gasteiger partial charge < -0.3 is 20.2 Å². The Morgan fingerprint density at radius 2 is 1.39 bits per heavy atom. The van der Waals surface area contributed by atoms with Gasteiger partial charge in [0.15, 0.2) is 17.9 Å². The summed E-state index contributed by atoms with van der Waals surface area (Å²) < 4.78 is 0. The molecule has 2 aromatic heterocycles. The highest BCUT2D eigenvalue weighted by Crippen LogP contribution is 2.16. The van der Waals surface area contributed by atoms with Crippen molar-refractivity contribution in [3.05, 3.63) is 48.0 Å². The predicted octanol–water partition coefficient (Wildman–Crippen LogP) is 0.335. The highest BCUT2D eigenvalue weighted by atomic mass is 16.5. The van der Waals surface area contributed by atoms with Crippen LogP contribution in [0.15, 0.2) is 36.7 Å². The van der Waals surface area contributed by atoms with Crippen LogP contribution in [0.4, 0.5) is 0 Å². The second-order valence-electron chi connectivity index (χ2n) is 3.79. The SMILES string of the molecule is O=C(c1ccc[nH]1)C(C(=O)c1ccc[nH]1)C(O)O. The third kappa shape index (κ3) is 2.24. The Kier molecular flexibility index (Phi) is 3.40. The van der Waals surface area contributed by atoms with Crippen LogP contribution in [0.25, 0.3) is 0 Å². The quantitative estimate of drug-likeness (QED) is 0.347. The van der Waals surface area contributed by atoms with Crippen molar-refractivity contribution in [3.63, 3.8) is 0 Å². The average Bonchev–Trinajstić information content (AvgIpc) is 3.02. The monoisotopic (exact) mass is 248 g/mol. The smallest absolute Gasteiger partial charge is 0.195 e. The van der Waals surface area contributed by atoms with Gasteiger partial charge in [-0.05, 0) is 24.3 Å². The van der Waals surface area contributed by atoms with Gasteiger partial charge in [0.25, 0.3) is 0 Å². The molecule has 0 bridgehead atoms. The molecule has 94 valence electrons. The predicted molar refractivity (Wildman–Crippen MR) is 62.0 cm³/mol. The lowest BCUT2D eigenvalue weighted by Crippen LogP contribution is -2.35. The molecule has 4 N–H and O–H groups in total. The van der Waals surface area contributed by atoms with E-state index in [2.05, 4.69) is 9.97 Å².